The predicted octanol–water partition coefficient (Wildman–Crippen LogP) is -0.272. The van der Waals surface area contributed by atoms with E-state index in [1.807, 2.05) is 43.3 Å². The van der Waals surface area contributed by atoms with Crippen molar-refractivity contribution >= 4 is 23.6 Å². The molecule has 0 spiro atoms. The standard InChI is InChI=1S/C14H19N3O3/c1-17(2)11-6-3-10(4-7-11)5-8-13(19)16-9-12(18)14(15)20/h3-8,12,18H,9H2,1-2H3,(H2,15,20)(H,16,19)/b8-5+. The van der Waals surface area contributed by atoms with Crippen molar-refractivity contribution in [1.29, 1.82) is 0 Å². The Morgan fingerprint density at radius 1 is 1.35 bits per heavy atom. The quantitative estimate of drug-likeness (QED) is 0.624. The number of anilines is 1. The van der Waals surface area contributed by atoms with Gasteiger partial charge >= 0.3 is 0 Å². The predicted molar refractivity (Wildman–Crippen MR) is 78.0 cm³/mol. The van der Waals surface area contributed by atoms with Crippen LogP contribution in [0.25, 0.3) is 6.08 Å². The van der Waals surface area contributed by atoms with Crippen molar-refractivity contribution in [1.82, 2.24) is 5.32 Å². The van der Waals surface area contributed by atoms with E-state index >= 15 is 0 Å². The molecule has 0 aliphatic heterocycles. The Morgan fingerprint density at radius 3 is 2.45 bits per heavy atom. The number of hydrogen-bond acceptors (Lipinski definition) is 4. The minimum atomic E-state index is -1.37. The molecule has 20 heavy (non-hydrogen) atoms. The number of primary amides is 1. The zero-order valence-corrected chi connectivity index (χ0v) is 11.5. The monoisotopic (exact) mass is 277 g/mol. The van der Waals surface area contributed by atoms with Gasteiger partial charge in [0.25, 0.3) is 0 Å². The summed E-state index contributed by atoms with van der Waals surface area (Å²) in [4.78, 5) is 24.0. The van der Waals surface area contributed by atoms with E-state index in [4.69, 9.17) is 10.8 Å². The molecule has 6 heteroatoms. The van der Waals surface area contributed by atoms with Gasteiger partial charge in [-0.3, -0.25) is 9.59 Å². The van der Waals surface area contributed by atoms with Crippen LogP contribution in [0, 0.1) is 0 Å². The Labute approximate surface area is 117 Å². The van der Waals surface area contributed by atoms with Gasteiger partial charge in [0.05, 0.1) is 6.54 Å². The Balaban J connectivity index is 2.50. The molecule has 1 rings (SSSR count). The van der Waals surface area contributed by atoms with E-state index in [1.165, 1.54) is 6.08 Å². The first kappa shape index (κ1) is 15.7. The maximum absolute atomic E-state index is 11.4. The molecule has 0 radical (unpaired) electrons. The summed E-state index contributed by atoms with van der Waals surface area (Å²) in [6.07, 6.45) is 1.61. The molecule has 1 aromatic rings. The number of benzene rings is 1. The summed E-state index contributed by atoms with van der Waals surface area (Å²) < 4.78 is 0. The van der Waals surface area contributed by atoms with Crippen molar-refractivity contribution in [2.24, 2.45) is 5.73 Å². The molecule has 0 fully saturated rings. The SMILES string of the molecule is CN(C)c1ccc(/C=C/C(=O)NCC(O)C(N)=O)cc1. The number of nitrogens with zero attached hydrogens (tertiary/aromatic N) is 1. The van der Waals surface area contributed by atoms with Gasteiger partial charge in [0, 0.05) is 25.9 Å². The van der Waals surface area contributed by atoms with Crippen LogP contribution in [-0.4, -0.2) is 43.7 Å². The van der Waals surface area contributed by atoms with Crippen molar-refractivity contribution in [3.05, 3.63) is 35.9 Å². The lowest BCUT2D eigenvalue weighted by atomic mass is 10.2. The highest BCUT2D eigenvalue weighted by molar-refractivity contribution is 5.92. The molecule has 0 aliphatic carbocycles. The van der Waals surface area contributed by atoms with Gasteiger partial charge < -0.3 is 21.1 Å². The van der Waals surface area contributed by atoms with Gasteiger partial charge in [-0.1, -0.05) is 12.1 Å². The molecule has 6 nitrogen and oxygen atoms in total. The molecular weight excluding hydrogens is 258 g/mol. The van der Waals surface area contributed by atoms with Crippen LogP contribution in [-0.2, 0) is 9.59 Å². The lowest BCUT2D eigenvalue weighted by Gasteiger charge is -2.11. The summed E-state index contributed by atoms with van der Waals surface area (Å²) in [5, 5.41) is 11.5. The van der Waals surface area contributed by atoms with Crippen molar-refractivity contribution in [2.45, 2.75) is 6.10 Å². The number of aliphatic hydroxyl groups excluding tert-OH is 1. The van der Waals surface area contributed by atoms with Crippen LogP contribution >= 0.6 is 0 Å². The van der Waals surface area contributed by atoms with Crippen LogP contribution in [0.5, 0.6) is 0 Å². The number of carbonyl (C=O) groups excluding carboxylic acids is 2. The summed E-state index contributed by atoms with van der Waals surface area (Å²) in [5.41, 5.74) is 6.81. The van der Waals surface area contributed by atoms with E-state index in [9.17, 15) is 9.59 Å². The second-order valence-electron chi connectivity index (χ2n) is 4.48. The lowest BCUT2D eigenvalue weighted by molar-refractivity contribution is -0.126. The highest BCUT2D eigenvalue weighted by Gasteiger charge is 2.10. The van der Waals surface area contributed by atoms with Gasteiger partial charge in [-0.15, -0.1) is 0 Å². The average Bonchev–Trinajstić information content (AvgIpc) is 2.42. The number of rotatable bonds is 6. The molecule has 4 N–H and O–H groups in total. The van der Waals surface area contributed by atoms with Gasteiger partial charge in [0.1, 0.15) is 6.10 Å². The van der Waals surface area contributed by atoms with E-state index in [0.717, 1.165) is 11.3 Å². The lowest BCUT2D eigenvalue weighted by Crippen LogP contribution is -2.39. The van der Waals surface area contributed by atoms with Crippen LogP contribution in [0.2, 0.25) is 0 Å². The highest BCUT2D eigenvalue weighted by Crippen LogP contribution is 2.12. The van der Waals surface area contributed by atoms with Gasteiger partial charge in [0.15, 0.2) is 0 Å². The topological polar surface area (TPSA) is 95.7 Å². The second kappa shape index (κ2) is 7.30. The molecule has 1 atom stereocenters. The first-order valence-electron chi connectivity index (χ1n) is 6.11. The number of amides is 2. The van der Waals surface area contributed by atoms with Crippen LogP contribution in [0.1, 0.15) is 5.56 Å². The minimum absolute atomic E-state index is 0.196. The molecule has 108 valence electrons. The molecule has 0 aliphatic rings. The van der Waals surface area contributed by atoms with Crippen LogP contribution in [0.3, 0.4) is 0 Å². The highest BCUT2D eigenvalue weighted by atomic mass is 16.3. The smallest absolute Gasteiger partial charge is 0.248 e. The number of nitrogens with one attached hydrogen (secondary N) is 1. The maximum Gasteiger partial charge on any atom is 0.248 e. The normalized spacial score (nSPS) is 12.2. The largest absolute Gasteiger partial charge is 0.381 e. The number of carbonyl (C=O) groups is 2. The molecule has 2 amide bonds. The summed E-state index contributed by atoms with van der Waals surface area (Å²) in [6, 6.07) is 7.65. The van der Waals surface area contributed by atoms with Gasteiger partial charge in [-0.25, -0.2) is 0 Å². The first-order chi connectivity index (χ1) is 9.40. The third kappa shape index (κ3) is 5.11. The fourth-order valence-electron chi connectivity index (χ4n) is 1.41. The van der Waals surface area contributed by atoms with Crippen LogP contribution in [0.4, 0.5) is 5.69 Å². The molecular formula is C14H19N3O3. The Bertz CT molecular complexity index is 495. The van der Waals surface area contributed by atoms with Gasteiger partial charge in [-0.2, -0.15) is 0 Å². The van der Waals surface area contributed by atoms with E-state index in [1.54, 1.807) is 6.08 Å². The van der Waals surface area contributed by atoms with E-state index in [2.05, 4.69) is 5.32 Å². The first-order valence-corrected chi connectivity index (χ1v) is 6.11. The van der Waals surface area contributed by atoms with E-state index < -0.39 is 17.9 Å². The van der Waals surface area contributed by atoms with Crippen molar-refractivity contribution in [3.8, 4) is 0 Å². The third-order valence-corrected chi connectivity index (χ3v) is 2.63. The van der Waals surface area contributed by atoms with Gasteiger partial charge in [-0.05, 0) is 23.8 Å². The summed E-state index contributed by atoms with van der Waals surface area (Å²) in [6.45, 7) is -0.196. The minimum Gasteiger partial charge on any atom is -0.381 e. The molecule has 0 saturated carbocycles. The second-order valence-corrected chi connectivity index (χ2v) is 4.48. The zero-order valence-electron chi connectivity index (χ0n) is 11.5. The fourth-order valence-corrected chi connectivity index (χ4v) is 1.41. The molecule has 1 aromatic carbocycles. The van der Waals surface area contributed by atoms with Crippen molar-refractivity contribution in [3.63, 3.8) is 0 Å². The Hall–Kier alpha value is -2.34. The molecule has 0 aromatic heterocycles. The summed E-state index contributed by atoms with van der Waals surface area (Å²) >= 11 is 0. The number of nitrogens with two attached hydrogens (primary N) is 1. The van der Waals surface area contributed by atoms with E-state index in [0.29, 0.717) is 0 Å². The van der Waals surface area contributed by atoms with Crippen LogP contribution in [0.15, 0.2) is 30.3 Å². The number of aliphatic hydroxyl groups is 1. The third-order valence-electron chi connectivity index (χ3n) is 2.63. The average molecular weight is 277 g/mol. The molecule has 0 heterocycles. The molecule has 0 saturated heterocycles. The summed E-state index contributed by atoms with van der Waals surface area (Å²) in [7, 11) is 3.89. The zero-order chi connectivity index (χ0) is 15.1. The Morgan fingerprint density at radius 2 is 1.95 bits per heavy atom. The van der Waals surface area contributed by atoms with Crippen LogP contribution < -0.4 is 16.0 Å². The molecule has 0 bridgehead atoms. The number of hydrogen-bond donors (Lipinski definition) is 3. The van der Waals surface area contributed by atoms with Crippen molar-refractivity contribution < 1.29 is 14.7 Å². The Kier molecular flexibility index (Phi) is 5.74. The maximum atomic E-state index is 11.4. The van der Waals surface area contributed by atoms with Gasteiger partial charge in [0.2, 0.25) is 11.8 Å². The summed E-state index contributed by atoms with van der Waals surface area (Å²) in [5.74, 6) is -1.27. The van der Waals surface area contributed by atoms with E-state index in [-0.39, 0.29) is 6.54 Å². The van der Waals surface area contributed by atoms with Crippen molar-refractivity contribution in [2.75, 3.05) is 25.5 Å². The fraction of sp³-hybridized carbons (Fsp3) is 0.286. The molecule has 1 unspecified atom stereocenters.